The summed E-state index contributed by atoms with van der Waals surface area (Å²) in [6.45, 7) is 3.86. The fourth-order valence-corrected chi connectivity index (χ4v) is 1.79. The number of aromatic nitrogens is 3. The number of amides is 1. The van der Waals surface area contributed by atoms with E-state index in [1.165, 1.54) is 0 Å². The minimum Gasteiger partial charge on any atom is -0.497 e. The van der Waals surface area contributed by atoms with Crippen molar-refractivity contribution in [2.45, 2.75) is 26.3 Å². The first kappa shape index (κ1) is 14.0. The van der Waals surface area contributed by atoms with E-state index in [1.54, 1.807) is 7.11 Å². The number of aromatic amines is 1. The molecule has 0 fully saturated rings. The Morgan fingerprint density at radius 2 is 2.10 bits per heavy atom. The second kappa shape index (κ2) is 6.18. The number of rotatable bonds is 5. The molecule has 0 aliphatic carbocycles. The maximum Gasteiger partial charge on any atom is 0.291 e. The second-order valence-electron chi connectivity index (χ2n) is 4.43. The van der Waals surface area contributed by atoms with Crippen LogP contribution in [0.5, 0.6) is 5.75 Å². The van der Waals surface area contributed by atoms with Gasteiger partial charge in [0.15, 0.2) is 0 Å². The van der Waals surface area contributed by atoms with Crippen LogP contribution in [0.15, 0.2) is 24.3 Å². The maximum absolute atomic E-state index is 12.0. The lowest BCUT2D eigenvalue weighted by molar-refractivity contribution is 0.0929. The Hall–Kier alpha value is -2.37. The third kappa shape index (κ3) is 3.14. The molecule has 0 aliphatic rings. The summed E-state index contributed by atoms with van der Waals surface area (Å²) in [5, 5.41) is 9.48. The van der Waals surface area contributed by atoms with E-state index in [0.717, 1.165) is 11.3 Å². The van der Waals surface area contributed by atoms with Gasteiger partial charge in [-0.15, -0.1) is 5.10 Å². The number of aryl methyl sites for hydroxylation is 1. The van der Waals surface area contributed by atoms with Crippen molar-refractivity contribution in [3.05, 3.63) is 41.5 Å². The molecule has 1 aromatic heterocycles. The van der Waals surface area contributed by atoms with Crippen LogP contribution in [0.1, 0.15) is 41.9 Å². The molecule has 2 aromatic rings. The zero-order valence-corrected chi connectivity index (χ0v) is 11.8. The van der Waals surface area contributed by atoms with E-state index in [-0.39, 0.29) is 17.8 Å². The first-order chi connectivity index (χ1) is 9.63. The zero-order valence-electron chi connectivity index (χ0n) is 11.8. The highest BCUT2D eigenvalue weighted by molar-refractivity contribution is 5.90. The normalized spacial score (nSPS) is 11.9. The molecule has 0 radical (unpaired) electrons. The van der Waals surface area contributed by atoms with Crippen LogP contribution >= 0.6 is 0 Å². The van der Waals surface area contributed by atoms with Gasteiger partial charge in [0.25, 0.3) is 5.91 Å². The monoisotopic (exact) mass is 274 g/mol. The lowest BCUT2D eigenvalue weighted by Crippen LogP contribution is -2.27. The average molecular weight is 274 g/mol. The van der Waals surface area contributed by atoms with Crippen molar-refractivity contribution in [1.82, 2.24) is 20.5 Å². The Bertz CT molecular complexity index is 577. The summed E-state index contributed by atoms with van der Waals surface area (Å²) in [6, 6.07) is 7.43. The molecule has 0 saturated carbocycles. The lowest BCUT2D eigenvalue weighted by Gasteiger charge is -2.13. The fourth-order valence-electron chi connectivity index (χ4n) is 1.79. The van der Waals surface area contributed by atoms with Crippen molar-refractivity contribution in [2.24, 2.45) is 0 Å². The van der Waals surface area contributed by atoms with Gasteiger partial charge < -0.3 is 10.1 Å². The Labute approximate surface area is 117 Å². The maximum atomic E-state index is 12.0. The van der Waals surface area contributed by atoms with Gasteiger partial charge >= 0.3 is 0 Å². The van der Waals surface area contributed by atoms with Crippen molar-refractivity contribution >= 4 is 5.91 Å². The number of carbonyl (C=O) groups is 1. The summed E-state index contributed by atoms with van der Waals surface area (Å²) in [5.74, 6) is 1.37. The highest BCUT2D eigenvalue weighted by Crippen LogP contribution is 2.17. The van der Waals surface area contributed by atoms with Crippen LogP contribution in [-0.4, -0.2) is 28.2 Å². The van der Waals surface area contributed by atoms with Gasteiger partial charge in [-0.2, -0.15) is 0 Å². The minimum absolute atomic E-state index is 0.128. The number of carbonyl (C=O) groups excluding carboxylic acids is 1. The molecule has 0 aliphatic heterocycles. The van der Waals surface area contributed by atoms with E-state index in [1.807, 2.05) is 38.1 Å². The van der Waals surface area contributed by atoms with Crippen LogP contribution in [0.2, 0.25) is 0 Å². The second-order valence-corrected chi connectivity index (χ2v) is 4.43. The van der Waals surface area contributed by atoms with Crippen molar-refractivity contribution in [3.63, 3.8) is 0 Å². The smallest absolute Gasteiger partial charge is 0.291 e. The lowest BCUT2D eigenvalue weighted by atomic mass is 10.1. The molecule has 0 bridgehead atoms. The quantitative estimate of drug-likeness (QED) is 0.872. The van der Waals surface area contributed by atoms with Crippen LogP contribution in [0.4, 0.5) is 0 Å². The van der Waals surface area contributed by atoms with Crippen LogP contribution in [0.25, 0.3) is 0 Å². The molecule has 1 atom stereocenters. The summed E-state index contributed by atoms with van der Waals surface area (Å²) in [6.07, 6.45) is 0.717. The summed E-state index contributed by atoms with van der Waals surface area (Å²) >= 11 is 0. The number of nitrogens with zero attached hydrogens (tertiary/aromatic N) is 2. The Balaban J connectivity index is 2.02. The molecule has 1 unspecified atom stereocenters. The first-order valence-corrected chi connectivity index (χ1v) is 6.50. The number of hydrogen-bond acceptors (Lipinski definition) is 4. The first-order valence-electron chi connectivity index (χ1n) is 6.50. The predicted molar refractivity (Wildman–Crippen MR) is 74.6 cm³/mol. The Morgan fingerprint density at radius 3 is 2.65 bits per heavy atom. The van der Waals surface area contributed by atoms with E-state index in [9.17, 15) is 4.79 Å². The molecule has 106 valence electrons. The molecule has 1 heterocycles. The third-order valence-electron chi connectivity index (χ3n) is 3.03. The van der Waals surface area contributed by atoms with Gasteiger partial charge in [-0.1, -0.05) is 19.1 Å². The van der Waals surface area contributed by atoms with Crippen LogP contribution in [0.3, 0.4) is 0 Å². The van der Waals surface area contributed by atoms with Crippen LogP contribution < -0.4 is 10.1 Å². The number of ether oxygens (including phenoxy) is 1. The molecule has 1 aromatic carbocycles. The Kier molecular flexibility index (Phi) is 4.34. The topological polar surface area (TPSA) is 79.9 Å². The molecule has 0 saturated heterocycles. The highest BCUT2D eigenvalue weighted by Gasteiger charge is 2.15. The van der Waals surface area contributed by atoms with Gasteiger partial charge in [-0.25, -0.2) is 4.98 Å². The number of benzene rings is 1. The fraction of sp³-hybridized carbons (Fsp3) is 0.357. The molecular formula is C14H18N4O2. The summed E-state index contributed by atoms with van der Waals surface area (Å²) in [7, 11) is 1.62. The van der Waals surface area contributed by atoms with Crippen molar-refractivity contribution < 1.29 is 9.53 Å². The molecule has 20 heavy (non-hydrogen) atoms. The third-order valence-corrected chi connectivity index (χ3v) is 3.03. The largest absolute Gasteiger partial charge is 0.497 e. The molecule has 2 rings (SSSR count). The molecule has 1 amide bonds. The van der Waals surface area contributed by atoms with Gasteiger partial charge in [0, 0.05) is 6.42 Å². The van der Waals surface area contributed by atoms with E-state index in [2.05, 4.69) is 20.5 Å². The standard InChI is InChI=1S/C14H18N4O2/c1-4-12-16-13(18-17-12)14(19)15-9(2)10-5-7-11(20-3)8-6-10/h5-9H,4H2,1-3H3,(H,15,19)(H,16,17,18). The van der Waals surface area contributed by atoms with Crippen LogP contribution in [-0.2, 0) is 6.42 Å². The molecule has 6 heteroatoms. The molecular weight excluding hydrogens is 256 g/mol. The van der Waals surface area contributed by atoms with Crippen molar-refractivity contribution in [3.8, 4) is 5.75 Å². The molecule has 0 spiro atoms. The van der Waals surface area contributed by atoms with E-state index in [4.69, 9.17) is 4.74 Å². The van der Waals surface area contributed by atoms with E-state index < -0.39 is 0 Å². The summed E-state index contributed by atoms with van der Waals surface area (Å²) < 4.78 is 5.10. The summed E-state index contributed by atoms with van der Waals surface area (Å²) in [4.78, 5) is 16.1. The van der Waals surface area contributed by atoms with Crippen molar-refractivity contribution in [1.29, 1.82) is 0 Å². The van der Waals surface area contributed by atoms with Gasteiger partial charge in [-0.05, 0) is 24.6 Å². The summed E-state index contributed by atoms with van der Waals surface area (Å²) in [5.41, 5.74) is 0.991. The highest BCUT2D eigenvalue weighted by atomic mass is 16.5. The molecule has 2 N–H and O–H groups in total. The SMILES string of the molecule is CCc1nc(C(=O)NC(C)c2ccc(OC)cc2)n[nH]1. The van der Waals surface area contributed by atoms with E-state index >= 15 is 0 Å². The van der Waals surface area contributed by atoms with Crippen LogP contribution in [0, 0.1) is 0 Å². The Morgan fingerprint density at radius 1 is 1.40 bits per heavy atom. The number of H-pyrrole nitrogens is 1. The molecule has 6 nitrogen and oxygen atoms in total. The van der Waals surface area contributed by atoms with Gasteiger partial charge in [0.1, 0.15) is 11.6 Å². The van der Waals surface area contributed by atoms with Crippen molar-refractivity contribution in [2.75, 3.05) is 7.11 Å². The zero-order chi connectivity index (χ0) is 14.5. The van der Waals surface area contributed by atoms with Gasteiger partial charge in [0.05, 0.1) is 13.2 Å². The minimum atomic E-state index is -0.288. The average Bonchev–Trinajstić information content (AvgIpc) is 2.96. The number of methoxy groups -OCH3 is 1. The van der Waals surface area contributed by atoms with Gasteiger partial charge in [0.2, 0.25) is 5.82 Å². The number of nitrogens with one attached hydrogen (secondary N) is 2. The number of hydrogen-bond donors (Lipinski definition) is 2. The predicted octanol–water partition coefficient (Wildman–Crippen LogP) is 1.87. The van der Waals surface area contributed by atoms with E-state index in [0.29, 0.717) is 12.2 Å². The van der Waals surface area contributed by atoms with Gasteiger partial charge in [-0.3, -0.25) is 9.89 Å².